The average Bonchev–Trinajstić information content (AvgIpc) is 2.88. The zero-order chi connectivity index (χ0) is 17.3. The van der Waals surface area contributed by atoms with Crippen molar-refractivity contribution in [3.05, 3.63) is 29.1 Å². The van der Waals surface area contributed by atoms with Crippen LogP contribution in [0, 0.1) is 0 Å². The van der Waals surface area contributed by atoms with E-state index in [1.165, 1.54) is 17.6 Å². The fourth-order valence-electron chi connectivity index (χ4n) is 2.84. The number of hydrogen-bond acceptors (Lipinski definition) is 6. The van der Waals surface area contributed by atoms with Crippen molar-refractivity contribution in [3.8, 4) is 10.6 Å². The second-order valence-corrected chi connectivity index (χ2v) is 9.18. The lowest BCUT2D eigenvalue weighted by Gasteiger charge is -2.22. The predicted molar refractivity (Wildman–Crippen MR) is 93.5 cm³/mol. The van der Waals surface area contributed by atoms with Crippen molar-refractivity contribution in [1.29, 1.82) is 0 Å². The van der Waals surface area contributed by atoms with Crippen molar-refractivity contribution in [2.75, 3.05) is 6.26 Å². The minimum absolute atomic E-state index is 0.140. The SMILES string of the molecule is Cn1nc(-c2ccc(S(C)(=O)=O)cc2)s/c1=N\C1CCCC(O)C1. The average molecular weight is 367 g/mol. The van der Waals surface area contributed by atoms with Gasteiger partial charge < -0.3 is 5.11 Å². The molecule has 1 saturated carbocycles. The van der Waals surface area contributed by atoms with Crippen molar-refractivity contribution in [2.45, 2.75) is 42.7 Å². The second kappa shape index (κ2) is 6.78. The van der Waals surface area contributed by atoms with E-state index in [2.05, 4.69) is 5.10 Å². The van der Waals surface area contributed by atoms with Gasteiger partial charge in [-0.25, -0.2) is 13.1 Å². The molecular formula is C16H21N3O3S2. The summed E-state index contributed by atoms with van der Waals surface area (Å²) in [5, 5.41) is 15.1. The molecule has 0 radical (unpaired) electrons. The topological polar surface area (TPSA) is 84.5 Å². The number of aliphatic hydroxyl groups excluding tert-OH is 1. The van der Waals surface area contributed by atoms with Crippen molar-refractivity contribution < 1.29 is 13.5 Å². The number of benzene rings is 1. The van der Waals surface area contributed by atoms with Crippen LogP contribution in [0.15, 0.2) is 34.2 Å². The van der Waals surface area contributed by atoms with Crippen LogP contribution in [0.3, 0.4) is 0 Å². The number of aromatic nitrogens is 2. The Hall–Kier alpha value is -1.51. The molecular weight excluding hydrogens is 346 g/mol. The van der Waals surface area contributed by atoms with E-state index in [1.54, 1.807) is 28.9 Å². The third-order valence-electron chi connectivity index (χ3n) is 4.15. The highest BCUT2D eigenvalue weighted by Gasteiger charge is 2.19. The smallest absolute Gasteiger partial charge is 0.203 e. The highest BCUT2D eigenvalue weighted by molar-refractivity contribution is 7.90. The molecule has 130 valence electrons. The Bertz CT molecular complexity index is 882. The maximum Gasteiger partial charge on any atom is 0.203 e. The summed E-state index contributed by atoms with van der Waals surface area (Å²) in [5.74, 6) is 0. The van der Waals surface area contributed by atoms with Gasteiger partial charge in [-0.3, -0.25) is 4.99 Å². The summed E-state index contributed by atoms with van der Waals surface area (Å²) in [7, 11) is -1.34. The molecule has 1 heterocycles. The molecule has 1 aromatic carbocycles. The van der Waals surface area contributed by atoms with Crippen LogP contribution >= 0.6 is 11.3 Å². The fraction of sp³-hybridized carbons (Fsp3) is 0.500. The number of aryl methyl sites for hydroxylation is 1. The Morgan fingerprint density at radius 3 is 2.62 bits per heavy atom. The Morgan fingerprint density at radius 2 is 2.00 bits per heavy atom. The van der Waals surface area contributed by atoms with Gasteiger partial charge in [-0.2, -0.15) is 5.10 Å². The highest BCUT2D eigenvalue weighted by Crippen LogP contribution is 2.23. The van der Waals surface area contributed by atoms with E-state index in [-0.39, 0.29) is 12.1 Å². The first kappa shape index (κ1) is 17.3. The van der Waals surface area contributed by atoms with Gasteiger partial charge in [0.2, 0.25) is 4.80 Å². The number of sulfone groups is 1. The van der Waals surface area contributed by atoms with Crippen molar-refractivity contribution in [1.82, 2.24) is 9.78 Å². The summed E-state index contributed by atoms with van der Waals surface area (Å²) in [5.41, 5.74) is 0.869. The Balaban J connectivity index is 1.88. The molecule has 1 N–H and O–H groups in total. The number of rotatable bonds is 3. The van der Waals surface area contributed by atoms with Crippen LogP contribution in [0.2, 0.25) is 0 Å². The maximum absolute atomic E-state index is 11.5. The van der Waals surface area contributed by atoms with Crippen LogP contribution in [-0.4, -0.2) is 41.7 Å². The standard InChI is InChI=1S/C16H21N3O3S2/c1-19-16(17-12-4-3-5-13(20)10-12)23-15(18-19)11-6-8-14(9-7-11)24(2,21)22/h6-9,12-13,20H,3-5,10H2,1-2H3/b17-16-. The largest absolute Gasteiger partial charge is 0.393 e. The predicted octanol–water partition coefficient (Wildman–Crippen LogP) is 1.76. The van der Waals surface area contributed by atoms with Gasteiger partial charge in [0.15, 0.2) is 9.84 Å². The van der Waals surface area contributed by atoms with Gasteiger partial charge in [0.1, 0.15) is 5.01 Å². The van der Waals surface area contributed by atoms with Crippen LogP contribution in [0.4, 0.5) is 0 Å². The second-order valence-electron chi connectivity index (χ2n) is 6.21. The first-order valence-electron chi connectivity index (χ1n) is 7.89. The Labute approximate surface area is 145 Å². The monoisotopic (exact) mass is 367 g/mol. The van der Waals surface area contributed by atoms with Crippen LogP contribution in [0.25, 0.3) is 10.6 Å². The quantitative estimate of drug-likeness (QED) is 0.896. The van der Waals surface area contributed by atoms with Gasteiger partial charge in [-0.05, 0) is 37.8 Å². The Morgan fingerprint density at radius 1 is 1.29 bits per heavy atom. The maximum atomic E-state index is 11.5. The molecule has 0 spiro atoms. The van der Waals surface area contributed by atoms with Crippen LogP contribution in [-0.2, 0) is 16.9 Å². The van der Waals surface area contributed by atoms with E-state index in [9.17, 15) is 13.5 Å². The summed E-state index contributed by atoms with van der Waals surface area (Å²) in [4.78, 5) is 5.85. The molecule has 2 atom stereocenters. The first-order valence-corrected chi connectivity index (χ1v) is 10.6. The fourth-order valence-corrected chi connectivity index (χ4v) is 4.43. The summed E-state index contributed by atoms with van der Waals surface area (Å²) in [6, 6.07) is 6.87. The van der Waals surface area contributed by atoms with Gasteiger partial charge in [0.25, 0.3) is 0 Å². The highest BCUT2D eigenvalue weighted by atomic mass is 32.2. The lowest BCUT2D eigenvalue weighted by molar-refractivity contribution is 0.120. The zero-order valence-electron chi connectivity index (χ0n) is 13.7. The molecule has 8 heteroatoms. The molecule has 2 unspecified atom stereocenters. The van der Waals surface area contributed by atoms with E-state index in [0.29, 0.717) is 11.3 Å². The minimum Gasteiger partial charge on any atom is -0.393 e. The Kier molecular flexibility index (Phi) is 4.89. The molecule has 0 amide bonds. The van der Waals surface area contributed by atoms with Crippen LogP contribution in [0.1, 0.15) is 25.7 Å². The molecule has 0 bridgehead atoms. The lowest BCUT2D eigenvalue weighted by Crippen LogP contribution is -2.25. The summed E-state index contributed by atoms with van der Waals surface area (Å²) in [6.45, 7) is 0. The van der Waals surface area contributed by atoms with Crippen LogP contribution < -0.4 is 4.80 Å². The first-order chi connectivity index (χ1) is 11.3. The molecule has 6 nitrogen and oxygen atoms in total. The number of nitrogens with zero attached hydrogens (tertiary/aromatic N) is 3. The molecule has 1 aromatic heterocycles. The summed E-state index contributed by atoms with van der Waals surface area (Å²) < 4.78 is 24.8. The van der Waals surface area contributed by atoms with Gasteiger partial charge in [-0.15, -0.1) is 0 Å². The van der Waals surface area contributed by atoms with Crippen molar-refractivity contribution in [3.63, 3.8) is 0 Å². The summed E-state index contributed by atoms with van der Waals surface area (Å²) >= 11 is 1.47. The van der Waals surface area contributed by atoms with E-state index in [0.717, 1.165) is 34.6 Å². The molecule has 24 heavy (non-hydrogen) atoms. The molecule has 0 aliphatic heterocycles. The minimum atomic E-state index is -3.19. The van der Waals surface area contributed by atoms with E-state index in [1.807, 2.05) is 7.05 Å². The number of aliphatic hydroxyl groups is 1. The molecule has 2 aromatic rings. The van der Waals surface area contributed by atoms with E-state index >= 15 is 0 Å². The van der Waals surface area contributed by atoms with E-state index in [4.69, 9.17) is 4.99 Å². The molecule has 0 saturated heterocycles. The third kappa shape index (κ3) is 3.93. The molecule has 1 aliphatic rings. The molecule has 3 rings (SSSR count). The van der Waals surface area contributed by atoms with Crippen molar-refractivity contribution in [2.24, 2.45) is 12.0 Å². The normalized spacial score (nSPS) is 22.7. The lowest BCUT2D eigenvalue weighted by atomic mass is 9.94. The van der Waals surface area contributed by atoms with Gasteiger partial charge in [0.05, 0.1) is 17.0 Å². The summed E-state index contributed by atoms with van der Waals surface area (Å²) in [6.07, 6.45) is 4.50. The molecule has 1 aliphatic carbocycles. The van der Waals surface area contributed by atoms with Crippen molar-refractivity contribution >= 4 is 21.2 Å². The van der Waals surface area contributed by atoms with E-state index < -0.39 is 9.84 Å². The van der Waals surface area contributed by atoms with Gasteiger partial charge in [0, 0.05) is 18.9 Å². The van der Waals surface area contributed by atoms with Crippen LogP contribution in [0.5, 0.6) is 0 Å². The number of hydrogen-bond donors (Lipinski definition) is 1. The van der Waals surface area contributed by atoms with Gasteiger partial charge >= 0.3 is 0 Å². The van der Waals surface area contributed by atoms with Gasteiger partial charge in [-0.1, -0.05) is 23.5 Å². The third-order valence-corrected chi connectivity index (χ3v) is 6.34. The molecule has 1 fully saturated rings. The zero-order valence-corrected chi connectivity index (χ0v) is 15.3.